The fraction of sp³-hybridized carbons (Fsp3) is 0.474. The summed E-state index contributed by atoms with van der Waals surface area (Å²) in [4.78, 5) is 22.1. The van der Waals surface area contributed by atoms with Crippen LogP contribution in [0.4, 0.5) is 0 Å². The van der Waals surface area contributed by atoms with Crippen LogP contribution in [0.1, 0.15) is 40.8 Å². The molecule has 1 saturated heterocycles. The van der Waals surface area contributed by atoms with Gasteiger partial charge in [-0.25, -0.2) is 19.9 Å². The predicted molar refractivity (Wildman–Crippen MR) is 103 cm³/mol. The Labute approximate surface area is 158 Å². The molecular formula is C19H24N6S. The van der Waals surface area contributed by atoms with Crippen molar-refractivity contribution in [3.05, 3.63) is 46.1 Å². The Morgan fingerprint density at radius 3 is 2.85 bits per heavy atom. The summed E-state index contributed by atoms with van der Waals surface area (Å²) < 4.78 is 2.01. The van der Waals surface area contributed by atoms with E-state index in [1.165, 1.54) is 17.7 Å². The standard InChI is InChI=1S/C19H24N6S/c1-13-18(26-12-21-13)11-25-7-4-5-15(10-25)16-9-17(23-14(2)22-16)19-20-6-8-24(19)3/h6,8-9,12,15H,4-5,7,10-11H2,1-3H3/t15-/m1/s1. The Morgan fingerprint density at radius 1 is 1.23 bits per heavy atom. The molecule has 0 N–H and O–H groups in total. The molecule has 1 aliphatic heterocycles. The van der Waals surface area contributed by atoms with E-state index in [-0.39, 0.29) is 0 Å². The van der Waals surface area contributed by atoms with Gasteiger partial charge in [-0.05, 0) is 39.3 Å². The number of aryl methyl sites for hydroxylation is 3. The minimum Gasteiger partial charge on any atom is -0.333 e. The maximum atomic E-state index is 4.76. The summed E-state index contributed by atoms with van der Waals surface area (Å²) in [5.74, 6) is 2.15. The van der Waals surface area contributed by atoms with Crippen LogP contribution < -0.4 is 0 Å². The molecule has 3 aromatic rings. The summed E-state index contributed by atoms with van der Waals surface area (Å²) in [6.07, 6.45) is 6.14. The van der Waals surface area contributed by atoms with Gasteiger partial charge < -0.3 is 4.57 Å². The van der Waals surface area contributed by atoms with Crippen LogP contribution in [0.25, 0.3) is 11.5 Å². The van der Waals surface area contributed by atoms with Gasteiger partial charge in [0, 0.05) is 49.0 Å². The molecular weight excluding hydrogens is 344 g/mol. The van der Waals surface area contributed by atoms with Gasteiger partial charge in [-0.2, -0.15) is 0 Å². The van der Waals surface area contributed by atoms with E-state index in [4.69, 9.17) is 4.98 Å². The Balaban J connectivity index is 1.56. The summed E-state index contributed by atoms with van der Waals surface area (Å²) in [7, 11) is 2.00. The molecule has 1 aliphatic rings. The molecule has 4 rings (SSSR count). The predicted octanol–water partition coefficient (Wildman–Crippen LogP) is 3.33. The average molecular weight is 369 g/mol. The summed E-state index contributed by atoms with van der Waals surface area (Å²) in [5, 5.41) is 0. The van der Waals surface area contributed by atoms with Gasteiger partial charge in [-0.15, -0.1) is 11.3 Å². The van der Waals surface area contributed by atoms with Crippen LogP contribution in [-0.4, -0.2) is 42.5 Å². The lowest BCUT2D eigenvalue weighted by Gasteiger charge is -2.32. The van der Waals surface area contributed by atoms with Gasteiger partial charge in [0.1, 0.15) is 11.5 Å². The first-order chi connectivity index (χ1) is 12.6. The second-order valence-electron chi connectivity index (χ2n) is 7.02. The molecule has 0 aliphatic carbocycles. The van der Waals surface area contributed by atoms with Crippen LogP contribution in [0.15, 0.2) is 24.0 Å². The van der Waals surface area contributed by atoms with E-state index in [1.54, 1.807) is 11.3 Å². The summed E-state index contributed by atoms with van der Waals surface area (Å²) in [6.45, 7) is 7.23. The molecule has 26 heavy (non-hydrogen) atoms. The maximum Gasteiger partial charge on any atom is 0.158 e. The van der Waals surface area contributed by atoms with Crippen LogP contribution in [-0.2, 0) is 13.6 Å². The number of aromatic nitrogens is 5. The van der Waals surface area contributed by atoms with Gasteiger partial charge >= 0.3 is 0 Å². The molecule has 0 spiro atoms. The second-order valence-corrected chi connectivity index (χ2v) is 7.96. The van der Waals surface area contributed by atoms with Crippen molar-refractivity contribution in [2.24, 2.45) is 7.05 Å². The number of piperidine rings is 1. The molecule has 0 radical (unpaired) electrons. The Bertz CT molecular complexity index is 899. The van der Waals surface area contributed by atoms with E-state index in [0.717, 1.165) is 48.4 Å². The largest absolute Gasteiger partial charge is 0.333 e. The molecule has 7 heteroatoms. The van der Waals surface area contributed by atoms with E-state index >= 15 is 0 Å². The summed E-state index contributed by atoms with van der Waals surface area (Å²) in [5.41, 5.74) is 5.16. The molecule has 1 fully saturated rings. The zero-order chi connectivity index (χ0) is 18.1. The third-order valence-corrected chi connectivity index (χ3v) is 5.96. The molecule has 0 unspecified atom stereocenters. The fourth-order valence-corrected chi connectivity index (χ4v) is 4.47. The highest BCUT2D eigenvalue weighted by molar-refractivity contribution is 7.09. The topological polar surface area (TPSA) is 59.7 Å². The highest BCUT2D eigenvalue weighted by Gasteiger charge is 2.24. The van der Waals surface area contributed by atoms with Crippen molar-refractivity contribution >= 4 is 11.3 Å². The van der Waals surface area contributed by atoms with Gasteiger partial charge in [-0.3, -0.25) is 4.90 Å². The van der Waals surface area contributed by atoms with Crippen molar-refractivity contribution in [3.8, 4) is 11.5 Å². The van der Waals surface area contributed by atoms with Crippen molar-refractivity contribution in [2.45, 2.75) is 39.2 Å². The van der Waals surface area contributed by atoms with E-state index in [1.807, 2.05) is 36.4 Å². The maximum absolute atomic E-state index is 4.76. The Hall–Kier alpha value is -2.12. The van der Waals surface area contributed by atoms with Crippen molar-refractivity contribution < 1.29 is 0 Å². The molecule has 6 nitrogen and oxygen atoms in total. The van der Waals surface area contributed by atoms with Crippen LogP contribution in [0.5, 0.6) is 0 Å². The lowest BCUT2D eigenvalue weighted by Crippen LogP contribution is -2.34. The number of imidazole rings is 1. The first-order valence-electron chi connectivity index (χ1n) is 9.04. The van der Waals surface area contributed by atoms with Gasteiger partial charge in [0.15, 0.2) is 5.82 Å². The smallest absolute Gasteiger partial charge is 0.158 e. The molecule has 1 atom stereocenters. The highest BCUT2D eigenvalue weighted by Crippen LogP contribution is 2.29. The second kappa shape index (κ2) is 7.25. The van der Waals surface area contributed by atoms with Crippen LogP contribution in [0, 0.1) is 13.8 Å². The number of nitrogens with zero attached hydrogens (tertiary/aromatic N) is 6. The Kier molecular flexibility index (Phi) is 4.82. The lowest BCUT2D eigenvalue weighted by molar-refractivity contribution is 0.199. The fourth-order valence-electron chi connectivity index (χ4n) is 3.65. The van der Waals surface area contributed by atoms with E-state index in [0.29, 0.717) is 5.92 Å². The highest BCUT2D eigenvalue weighted by atomic mass is 32.1. The number of hydrogen-bond donors (Lipinski definition) is 0. The first-order valence-corrected chi connectivity index (χ1v) is 9.92. The van der Waals surface area contributed by atoms with E-state index < -0.39 is 0 Å². The van der Waals surface area contributed by atoms with Crippen LogP contribution in [0.2, 0.25) is 0 Å². The van der Waals surface area contributed by atoms with Crippen molar-refractivity contribution in [1.82, 2.24) is 29.4 Å². The van der Waals surface area contributed by atoms with E-state index in [9.17, 15) is 0 Å². The third-order valence-electron chi connectivity index (χ3n) is 5.04. The molecule has 0 amide bonds. The molecule has 3 aromatic heterocycles. The average Bonchev–Trinajstić information content (AvgIpc) is 3.23. The monoisotopic (exact) mass is 368 g/mol. The quantitative estimate of drug-likeness (QED) is 0.707. The first kappa shape index (κ1) is 17.3. The van der Waals surface area contributed by atoms with Crippen molar-refractivity contribution in [1.29, 1.82) is 0 Å². The molecule has 0 saturated carbocycles. The van der Waals surface area contributed by atoms with Gasteiger partial charge in [-0.1, -0.05) is 0 Å². The zero-order valence-electron chi connectivity index (χ0n) is 15.5. The molecule has 0 bridgehead atoms. The lowest BCUT2D eigenvalue weighted by atomic mass is 9.94. The summed E-state index contributed by atoms with van der Waals surface area (Å²) >= 11 is 1.76. The summed E-state index contributed by atoms with van der Waals surface area (Å²) in [6, 6.07) is 2.13. The van der Waals surface area contributed by atoms with Gasteiger partial charge in [0.05, 0.1) is 11.2 Å². The number of rotatable bonds is 4. The van der Waals surface area contributed by atoms with Crippen LogP contribution in [0.3, 0.4) is 0 Å². The number of thiazole rings is 1. The van der Waals surface area contributed by atoms with Crippen molar-refractivity contribution in [3.63, 3.8) is 0 Å². The minimum absolute atomic E-state index is 0.442. The van der Waals surface area contributed by atoms with Crippen LogP contribution >= 0.6 is 11.3 Å². The number of hydrogen-bond acceptors (Lipinski definition) is 6. The van der Waals surface area contributed by atoms with Crippen molar-refractivity contribution in [2.75, 3.05) is 13.1 Å². The molecule has 0 aromatic carbocycles. The normalized spacial score (nSPS) is 18.3. The van der Waals surface area contributed by atoms with Gasteiger partial charge in [0.25, 0.3) is 0 Å². The minimum atomic E-state index is 0.442. The zero-order valence-corrected chi connectivity index (χ0v) is 16.3. The third kappa shape index (κ3) is 3.54. The SMILES string of the molecule is Cc1nc(-c2nccn2C)cc([C@@H]2CCCN(Cc3scnc3C)C2)n1. The Morgan fingerprint density at radius 2 is 2.12 bits per heavy atom. The number of likely N-dealkylation sites (tertiary alicyclic amines) is 1. The van der Waals surface area contributed by atoms with E-state index in [2.05, 4.69) is 32.8 Å². The molecule has 4 heterocycles. The van der Waals surface area contributed by atoms with Gasteiger partial charge in [0.2, 0.25) is 0 Å². The molecule has 136 valence electrons.